The molecule has 0 radical (unpaired) electrons. The Morgan fingerprint density at radius 1 is 1.05 bits per heavy atom. The number of likely N-dealkylation sites (tertiary alicyclic amines) is 1. The van der Waals surface area contributed by atoms with E-state index in [4.69, 9.17) is 9.47 Å². The Hall–Kier alpha value is -1.52. The van der Waals surface area contributed by atoms with E-state index >= 15 is 0 Å². The van der Waals surface area contributed by atoms with Crippen LogP contribution in [0.15, 0.2) is 17.0 Å². The van der Waals surface area contributed by atoms with Gasteiger partial charge in [-0.25, -0.2) is 8.51 Å². The maximum atomic E-state index is 13.0. The number of nitrogens with zero attached hydrogens (tertiary/aromatic N) is 3. The van der Waals surface area contributed by atoms with Crippen molar-refractivity contribution in [1.29, 1.82) is 0 Å². The van der Waals surface area contributed by atoms with Gasteiger partial charge in [0, 0.05) is 33.2 Å². The molecule has 218 valence electrons. The molecule has 0 bridgehead atoms. The predicted octanol–water partition coefficient (Wildman–Crippen LogP) is 3.62. The summed E-state index contributed by atoms with van der Waals surface area (Å²) in [4.78, 5) is 18.0. The molecule has 1 unspecified atom stereocenters. The van der Waals surface area contributed by atoms with Crippen molar-refractivity contribution >= 4 is 16.9 Å². The van der Waals surface area contributed by atoms with Crippen LogP contribution >= 0.6 is 0 Å². The van der Waals surface area contributed by atoms with Gasteiger partial charge in [-0.3, -0.25) is 4.79 Å². The Kier molecular flexibility index (Phi) is 14.8. The second-order valence-corrected chi connectivity index (χ2v) is 12.3. The van der Waals surface area contributed by atoms with Gasteiger partial charge in [-0.2, -0.15) is 0 Å². The van der Waals surface area contributed by atoms with Crippen molar-refractivity contribution in [1.82, 2.24) is 19.4 Å². The van der Waals surface area contributed by atoms with Gasteiger partial charge < -0.3 is 24.6 Å². The normalized spacial score (nSPS) is 20.9. The molecule has 1 aliphatic heterocycles. The molecule has 38 heavy (non-hydrogen) atoms. The van der Waals surface area contributed by atoms with E-state index in [0.29, 0.717) is 19.2 Å². The lowest BCUT2D eigenvalue weighted by Crippen LogP contribution is -2.43. The molecule has 8 nitrogen and oxygen atoms in total. The molecule has 1 aromatic rings. The fourth-order valence-electron chi connectivity index (χ4n) is 5.42. The van der Waals surface area contributed by atoms with Crippen molar-refractivity contribution in [3.63, 3.8) is 0 Å². The first-order chi connectivity index (χ1) is 18.2. The number of carbonyl (C=O) groups is 1. The second kappa shape index (κ2) is 17.2. The molecule has 1 saturated carbocycles. The first kappa shape index (κ1) is 32.7. The monoisotopic (exact) mass is 552 g/mol. The molecule has 1 amide bonds. The summed E-state index contributed by atoms with van der Waals surface area (Å²) in [6, 6.07) is 4.13. The number of amides is 1. The minimum absolute atomic E-state index is 0.0371. The smallest absolute Gasteiger partial charge is 0.248 e. The molecule has 1 saturated heterocycles. The number of nitrogens with one attached hydrogen (secondary N) is 1. The Bertz CT molecular complexity index is 847. The minimum Gasteiger partial charge on any atom is -0.497 e. The van der Waals surface area contributed by atoms with E-state index in [1.54, 1.807) is 11.4 Å². The Morgan fingerprint density at radius 2 is 1.63 bits per heavy atom. The number of piperidine rings is 1. The van der Waals surface area contributed by atoms with Crippen LogP contribution in [0.25, 0.3) is 0 Å². The summed E-state index contributed by atoms with van der Waals surface area (Å²) in [6.07, 6.45) is 8.67. The molecule has 2 fully saturated rings. The number of benzene rings is 1. The van der Waals surface area contributed by atoms with E-state index in [1.165, 1.54) is 51.7 Å². The van der Waals surface area contributed by atoms with Crippen molar-refractivity contribution in [2.75, 3.05) is 74.7 Å². The highest BCUT2D eigenvalue weighted by Gasteiger charge is 2.28. The molecular weight excluding hydrogens is 500 g/mol. The molecule has 9 heteroatoms. The van der Waals surface area contributed by atoms with Gasteiger partial charge in [0.1, 0.15) is 23.3 Å². The molecule has 0 aromatic heterocycles. The number of carbonyl (C=O) groups excluding carboxylic acids is 1. The molecule has 1 N–H and O–H groups in total. The third kappa shape index (κ3) is 10.2. The molecule has 2 aliphatic rings. The summed E-state index contributed by atoms with van der Waals surface area (Å²) < 4.78 is 25.8. The fourth-order valence-corrected chi connectivity index (χ4v) is 6.64. The minimum atomic E-state index is -1.30. The van der Waals surface area contributed by atoms with Crippen molar-refractivity contribution in [3.8, 4) is 5.75 Å². The van der Waals surface area contributed by atoms with Gasteiger partial charge in [0.2, 0.25) is 5.91 Å². The van der Waals surface area contributed by atoms with Crippen molar-refractivity contribution in [2.45, 2.75) is 69.7 Å². The highest BCUT2D eigenvalue weighted by Crippen LogP contribution is 2.29. The fraction of sp³-hybridized carbons (Fsp3) is 0.759. The van der Waals surface area contributed by atoms with Gasteiger partial charge in [0.25, 0.3) is 0 Å². The zero-order valence-corrected chi connectivity index (χ0v) is 25.7. The number of aryl methyl sites for hydroxylation is 2. The summed E-state index contributed by atoms with van der Waals surface area (Å²) in [5, 5.41) is 2.75. The standard InChI is InChI=1S/C27H45N3O4S.C2H7N/c1-21-17-25(33-5)18-22(2)27(21)35(32)28(3)15-16-34-20-26(31)29(4)24-11-9-23(10-12-24)19-30-13-7-6-8-14-30;1-3-2/h17-18,23-24H,6-16,19-20H2,1-5H3;3H,1-2H3. The number of likely N-dealkylation sites (N-methyl/N-ethyl adjacent to an activating group) is 2. The average molecular weight is 553 g/mol. The quantitative estimate of drug-likeness (QED) is 0.423. The first-order valence-corrected chi connectivity index (χ1v) is 15.2. The summed E-state index contributed by atoms with van der Waals surface area (Å²) in [7, 11) is 7.82. The highest BCUT2D eigenvalue weighted by atomic mass is 32.2. The van der Waals surface area contributed by atoms with E-state index in [9.17, 15) is 9.00 Å². The molecule has 1 heterocycles. The van der Waals surface area contributed by atoms with E-state index < -0.39 is 11.0 Å². The van der Waals surface area contributed by atoms with Crippen LogP contribution < -0.4 is 10.1 Å². The zero-order valence-electron chi connectivity index (χ0n) is 24.9. The summed E-state index contributed by atoms with van der Waals surface area (Å²) >= 11 is 0. The van der Waals surface area contributed by atoms with Crippen LogP contribution in [-0.2, 0) is 20.5 Å². The third-order valence-electron chi connectivity index (χ3n) is 7.63. The van der Waals surface area contributed by atoms with Crippen LogP contribution in [0.1, 0.15) is 56.1 Å². The number of rotatable bonds is 11. The summed E-state index contributed by atoms with van der Waals surface area (Å²) in [6.45, 7) is 8.57. The van der Waals surface area contributed by atoms with Crippen molar-refractivity contribution in [2.24, 2.45) is 5.92 Å². The second-order valence-electron chi connectivity index (χ2n) is 10.8. The maximum Gasteiger partial charge on any atom is 0.248 e. The first-order valence-electron chi connectivity index (χ1n) is 14.1. The number of hydrogen-bond acceptors (Lipinski definition) is 6. The van der Waals surface area contributed by atoms with Gasteiger partial charge in [0.15, 0.2) is 0 Å². The van der Waals surface area contributed by atoms with Crippen molar-refractivity contribution in [3.05, 3.63) is 23.3 Å². The Balaban J connectivity index is 0.00000161. The van der Waals surface area contributed by atoms with E-state index in [0.717, 1.165) is 40.5 Å². The predicted molar refractivity (Wildman–Crippen MR) is 156 cm³/mol. The van der Waals surface area contributed by atoms with E-state index in [2.05, 4.69) is 10.2 Å². The van der Waals surface area contributed by atoms with Gasteiger partial charge in [-0.05, 0) is 109 Å². The van der Waals surface area contributed by atoms with Gasteiger partial charge in [0.05, 0.1) is 18.6 Å². The van der Waals surface area contributed by atoms with Gasteiger partial charge in [-0.1, -0.05) is 6.42 Å². The number of hydrogen-bond donors (Lipinski definition) is 1. The van der Waals surface area contributed by atoms with Gasteiger partial charge in [-0.15, -0.1) is 0 Å². The molecule has 1 aliphatic carbocycles. The van der Waals surface area contributed by atoms with Crippen LogP contribution in [0.5, 0.6) is 5.75 Å². The van der Waals surface area contributed by atoms with Crippen LogP contribution in [0.3, 0.4) is 0 Å². The van der Waals surface area contributed by atoms with E-state index in [1.807, 2.05) is 59.1 Å². The molecule has 1 atom stereocenters. The highest BCUT2D eigenvalue weighted by molar-refractivity contribution is 7.82. The van der Waals surface area contributed by atoms with Crippen LogP contribution in [-0.4, -0.2) is 105 Å². The number of methoxy groups -OCH3 is 1. The lowest BCUT2D eigenvalue weighted by Gasteiger charge is -2.37. The summed E-state index contributed by atoms with van der Waals surface area (Å²) in [5.41, 5.74) is 1.88. The zero-order chi connectivity index (χ0) is 28.1. The maximum absolute atomic E-state index is 13.0. The lowest BCUT2D eigenvalue weighted by atomic mass is 9.85. The molecular formula is C29H52N4O4S. The Labute approximate surface area is 234 Å². The molecule has 0 spiro atoms. The van der Waals surface area contributed by atoms with Crippen molar-refractivity contribution < 1.29 is 18.5 Å². The lowest BCUT2D eigenvalue weighted by molar-refractivity contribution is -0.137. The topological polar surface area (TPSA) is 74.3 Å². The SMILES string of the molecule is CNC.COc1cc(C)c(S(=O)N(C)CCOCC(=O)N(C)C2CCC(CN3CCCCC3)CC2)c(C)c1. The molecule has 3 rings (SSSR count). The largest absolute Gasteiger partial charge is 0.497 e. The number of ether oxygens (including phenoxy) is 2. The molecule has 1 aromatic carbocycles. The van der Waals surface area contributed by atoms with Crippen LogP contribution in [0.4, 0.5) is 0 Å². The Morgan fingerprint density at radius 3 is 2.18 bits per heavy atom. The summed E-state index contributed by atoms with van der Waals surface area (Å²) in [5.74, 6) is 1.58. The van der Waals surface area contributed by atoms with Crippen LogP contribution in [0, 0.1) is 19.8 Å². The average Bonchev–Trinajstić information content (AvgIpc) is 2.91. The van der Waals surface area contributed by atoms with Crippen LogP contribution in [0.2, 0.25) is 0 Å². The van der Waals surface area contributed by atoms with E-state index in [-0.39, 0.29) is 12.5 Å². The van der Waals surface area contributed by atoms with Gasteiger partial charge >= 0.3 is 0 Å². The third-order valence-corrected chi connectivity index (χ3v) is 9.37.